The number of oxime groups is 1. The number of nitrogens with one attached hydrogen (secondary N) is 3. The molecule has 2 rings (SSSR count). The van der Waals surface area contributed by atoms with Crippen molar-refractivity contribution in [1.82, 2.24) is 5.53 Å². The maximum atomic E-state index is 4.82. The van der Waals surface area contributed by atoms with E-state index in [0.29, 0.717) is 6.61 Å². The standard InChI is InChI=1S/C8H10N4O.C2H6/c1-9-13-5-6-2-3-7-8(4-6)11-12-10-7;1-2/h2-4,10-12H,1,5H2;1-2H3. The summed E-state index contributed by atoms with van der Waals surface area (Å²) in [5, 5.41) is 3.32. The van der Waals surface area contributed by atoms with E-state index < -0.39 is 0 Å². The van der Waals surface area contributed by atoms with Gasteiger partial charge in [0.05, 0.1) is 11.4 Å². The lowest BCUT2D eigenvalue weighted by molar-refractivity contribution is 0.133. The maximum absolute atomic E-state index is 4.82. The summed E-state index contributed by atoms with van der Waals surface area (Å²) in [6.07, 6.45) is 0. The first-order chi connectivity index (χ1) is 7.40. The Bertz CT molecular complexity index is 327. The van der Waals surface area contributed by atoms with Crippen molar-refractivity contribution < 1.29 is 4.84 Å². The number of fused-ring (bicyclic) bond motifs is 1. The first-order valence-electron chi connectivity index (χ1n) is 4.88. The van der Waals surface area contributed by atoms with Crippen LogP contribution < -0.4 is 16.4 Å². The molecule has 1 aliphatic rings. The molecule has 0 saturated heterocycles. The monoisotopic (exact) mass is 208 g/mol. The average molecular weight is 208 g/mol. The molecule has 1 heterocycles. The van der Waals surface area contributed by atoms with E-state index in [1.54, 1.807) is 0 Å². The normalized spacial score (nSPS) is 11.3. The number of hydrazine groups is 2. The van der Waals surface area contributed by atoms with Gasteiger partial charge < -0.3 is 15.7 Å². The Labute approximate surface area is 89.4 Å². The van der Waals surface area contributed by atoms with Crippen molar-refractivity contribution in [2.24, 2.45) is 5.16 Å². The van der Waals surface area contributed by atoms with Gasteiger partial charge in [-0.05, 0) is 17.7 Å². The van der Waals surface area contributed by atoms with Crippen LogP contribution in [0, 0.1) is 0 Å². The molecule has 5 nitrogen and oxygen atoms in total. The Kier molecular flexibility index (Phi) is 4.43. The molecule has 0 amide bonds. The molecule has 1 aromatic rings. The highest BCUT2D eigenvalue weighted by Crippen LogP contribution is 2.25. The molecule has 0 radical (unpaired) electrons. The fraction of sp³-hybridized carbons (Fsp3) is 0.300. The molecular formula is C10H16N4O. The number of hydrogen-bond donors (Lipinski definition) is 3. The zero-order valence-corrected chi connectivity index (χ0v) is 9.00. The van der Waals surface area contributed by atoms with E-state index in [1.165, 1.54) is 0 Å². The molecular weight excluding hydrogens is 192 g/mol. The highest BCUT2D eigenvalue weighted by atomic mass is 16.6. The minimum absolute atomic E-state index is 0.443. The molecule has 0 unspecified atom stereocenters. The molecule has 0 bridgehead atoms. The van der Waals surface area contributed by atoms with Crippen molar-refractivity contribution >= 4 is 18.1 Å². The van der Waals surface area contributed by atoms with Crippen LogP contribution in [0.25, 0.3) is 0 Å². The smallest absolute Gasteiger partial charge is 0.142 e. The van der Waals surface area contributed by atoms with E-state index in [2.05, 4.69) is 28.3 Å². The van der Waals surface area contributed by atoms with Crippen molar-refractivity contribution in [3.05, 3.63) is 23.8 Å². The van der Waals surface area contributed by atoms with E-state index >= 15 is 0 Å². The fourth-order valence-electron chi connectivity index (χ4n) is 1.18. The van der Waals surface area contributed by atoms with E-state index in [1.807, 2.05) is 32.0 Å². The third-order valence-corrected chi connectivity index (χ3v) is 1.80. The first kappa shape index (κ1) is 11.3. The highest BCUT2D eigenvalue weighted by Gasteiger charge is 2.08. The maximum Gasteiger partial charge on any atom is 0.142 e. The first-order valence-corrected chi connectivity index (χ1v) is 4.88. The van der Waals surface area contributed by atoms with E-state index in [-0.39, 0.29) is 0 Å². The Morgan fingerprint density at radius 2 is 2.00 bits per heavy atom. The van der Waals surface area contributed by atoms with Gasteiger partial charge in [0.15, 0.2) is 0 Å². The summed E-state index contributed by atoms with van der Waals surface area (Å²) in [5.74, 6) is 0. The van der Waals surface area contributed by atoms with Crippen LogP contribution in [0.5, 0.6) is 0 Å². The van der Waals surface area contributed by atoms with Crippen LogP contribution in [-0.4, -0.2) is 6.72 Å². The van der Waals surface area contributed by atoms with Gasteiger partial charge in [0.25, 0.3) is 0 Å². The van der Waals surface area contributed by atoms with Gasteiger partial charge in [0.2, 0.25) is 0 Å². The van der Waals surface area contributed by atoms with Gasteiger partial charge >= 0.3 is 0 Å². The van der Waals surface area contributed by atoms with Crippen molar-refractivity contribution in [1.29, 1.82) is 0 Å². The number of anilines is 2. The van der Waals surface area contributed by atoms with Crippen molar-refractivity contribution in [3.63, 3.8) is 0 Å². The van der Waals surface area contributed by atoms with Crippen LogP contribution in [0.4, 0.5) is 11.4 Å². The zero-order chi connectivity index (χ0) is 11.1. The zero-order valence-electron chi connectivity index (χ0n) is 9.00. The molecule has 0 aliphatic carbocycles. The summed E-state index contributed by atoms with van der Waals surface area (Å²) < 4.78 is 0. The number of benzene rings is 1. The molecule has 0 aromatic heterocycles. The molecule has 0 fully saturated rings. The van der Waals surface area contributed by atoms with Crippen molar-refractivity contribution in [3.8, 4) is 0 Å². The van der Waals surface area contributed by atoms with Crippen LogP contribution in [0.3, 0.4) is 0 Å². The predicted molar refractivity (Wildman–Crippen MR) is 62.5 cm³/mol. The third kappa shape index (κ3) is 2.85. The van der Waals surface area contributed by atoms with Crippen molar-refractivity contribution in [2.45, 2.75) is 20.5 Å². The second kappa shape index (κ2) is 5.87. The van der Waals surface area contributed by atoms with Gasteiger partial charge in [0, 0.05) is 6.72 Å². The van der Waals surface area contributed by atoms with E-state index in [0.717, 1.165) is 16.9 Å². The summed E-state index contributed by atoms with van der Waals surface area (Å²) in [6, 6.07) is 5.91. The Morgan fingerprint density at radius 1 is 1.27 bits per heavy atom. The van der Waals surface area contributed by atoms with Gasteiger partial charge in [-0.25, -0.2) is 0 Å². The molecule has 3 N–H and O–H groups in total. The predicted octanol–water partition coefficient (Wildman–Crippen LogP) is 2.10. The SMILES string of the molecule is C=NOCc1ccc2c(c1)NNN2.CC. The van der Waals surface area contributed by atoms with Crippen LogP contribution >= 0.6 is 0 Å². The average Bonchev–Trinajstić information content (AvgIpc) is 2.76. The lowest BCUT2D eigenvalue weighted by atomic mass is 10.2. The highest BCUT2D eigenvalue weighted by molar-refractivity contribution is 5.72. The molecule has 5 heteroatoms. The summed E-state index contributed by atoms with van der Waals surface area (Å²) in [4.78, 5) is 4.82. The summed E-state index contributed by atoms with van der Waals surface area (Å²) in [5.41, 5.74) is 11.8. The Morgan fingerprint density at radius 3 is 2.73 bits per heavy atom. The van der Waals surface area contributed by atoms with E-state index in [4.69, 9.17) is 4.84 Å². The second-order valence-electron chi connectivity index (χ2n) is 2.66. The molecule has 0 atom stereocenters. The third-order valence-electron chi connectivity index (χ3n) is 1.80. The van der Waals surface area contributed by atoms with Crippen LogP contribution in [0.15, 0.2) is 23.4 Å². The van der Waals surface area contributed by atoms with E-state index in [9.17, 15) is 0 Å². The van der Waals surface area contributed by atoms with Crippen LogP contribution in [0.1, 0.15) is 19.4 Å². The quantitative estimate of drug-likeness (QED) is 0.526. The number of rotatable bonds is 3. The minimum Gasteiger partial charge on any atom is -0.391 e. The second-order valence-corrected chi connectivity index (χ2v) is 2.66. The van der Waals surface area contributed by atoms with Crippen molar-refractivity contribution in [2.75, 3.05) is 10.9 Å². The lowest BCUT2D eigenvalue weighted by Crippen LogP contribution is -2.19. The largest absolute Gasteiger partial charge is 0.391 e. The molecule has 1 aromatic carbocycles. The number of hydrogen-bond acceptors (Lipinski definition) is 5. The van der Waals surface area contributed by atoms with Gasteiger partial charge in [-0.15, -0.1) is 10.7 Å². The topological polar surface area (TPSA) is 57.7 Å². The van der Waals surface area contributed by atoms with Gasteiger partial charge in [-0.1, -0.05) is 19.9 Å². The molecule has 1 aliphatic heterocycles. The number of nitrogens with zero attached hydrogens (tertiary/aromatic N) is 1. The summed E-state index contributed by atoms with van der Waals surface area (Å²) >= 11 is 0. The van der Waals surface area contributed by atoms with Gasteiger partial charge in [-0.2, -0.15) is 0 Å². The molecule has 15 heavy (non-hydrogen) atoms. The summed E-state index contributed by atoms with van der Waals surface area (Å²) in [7, 11) is 0. The molecule has 0 spiro atoms. The minimum atomic E-state index is 0.443. The van der Waals surface area contributed by atoms with Gasteiger partial charge in [0.1, 0.15) is 6.61 Å². The van der Waals surface area contributed by atoms with Crippen LogP contribution in [-0.2, 0) is 11.4 Å². The van der Waals surface area contributed by atoms with Crippen LogP contribution in [0.2, 0.25) is 0 Å². The summed E-state index contributed by atoms with van der Waals surface area (Å²) in [6.45, 7) is 7.68. The van der Waals surface area contributed by atoms with Gasteiger partial charge in [-0.3, -0.25) is 0 Å². The fourth-order valence-corrected chi connectivity index (χ4v) is 1.18. The lowest BCUT2D eigenvalue weighted by Gasteiger charge is -2.01. The Balaban J connectivity index is 0.000000531. The molecule has 82 valence electrons. The Hall–Kier alpha value is -1.75. The molecule has 0 saturated carbocycles.